The molecule has 0 aromatic heterocycles. The van der Waals surface area contributed by atoms with Gasteiger partial charge in [-0.2, -0.15) is 0 Å². The van der Waals surface area contributed by atoms with Crippen LogP contribution in [0.1, 0.15) is 45.6 Å². The number of halogens is 1. The van der Waals surface area contributed by atoms with E-state index in [4.69, 9.17) is 0 Å². The van der Waals surface area contributed by atoms with Gasteiger partial charge < -0.3 is 15.5 Å². The van der Waals surface area contributed by atoms with Crippen LogP contribution in [-0.2, 0) is 5.41 Å². The molecule has 0 saturated carbocycles. The summed E-state index contributed by atoms with van der Waals surface area (Å²) in [7, 11) is 1.86. The van der Waals surface area contributed by atoms with E-state index in [1.54, 1.807) is 0 Å². The largest absolute Gasteiger partial charge is 0.356 e. The lowest BCUT2D eigenvalue weighted by Crippen LogP contribution is -2.46. The van der Waals surface area contributed by atoms with Crippen LogP contribution in [0.15, 0.2) is 35.3 Å². The van der Waals surface area contributed by atoms with E-state index in [0.717, 1.165) is 25.0 Å². The van der Waals surface area contributed by atoms with Gasteiger partial charge in [0.15, 0.2) is 5.96 Å². The highest BCUT2D eigenvalue weighted by Crippen LogP contribution is 2.21. The van der Waals surface area contributed by atoms with Gasteiger partial charge in [0, 0.05) is 25.6 Å². The molecular weight excluding hydrogens is 435 g/mol. The van der Waals surface area contributed by atoms with E-state index in [0.29, 0.717) is 0 Å². The normalized spacial score (nSPS) is 16.8. The molecule has 1 saturated heterocycles. The van der Waals surface area contributed by atoms with Crippen LogP contribution in [0.25, 0.3) is 0 Å². The van der Waals surface area contributed by atoms with Crippen LogP contribution in [0.3, 0.4) is 0 Å². The number of aliphatic imine (C=N–C) groups is 1. The molecule has 0 unspecified atom stereocenters. The van der Waals surface area contributed by atoms with Crippen molar-refractivity contribution < 1.29 is 0 Å². The van der Waals surface area contributed by atoms with Crippen molar-refractivity contribution in [2.45, 2.75) is 45.4 Å². The van der Waals surface area contributed by atoms with Crippen molar-refractivity contribution >= 4 is 29.9 Å². The maximum atomic E-state index is 4.40. The molecular formula is C21H37IN4. The molecule has 0 atom stereocenters. The second-order valence-corrected chi connectivity index (χ2v) is 7.84. The standard InChI is InChI=1S/C21H36N4.HI/c1-5-13-25-14-11-18(12-15-25)16-23-20(22-4)24-17-21(2,3)19-9-7-6-8-10-19;/h6-10,18H,5,11-17H2,1-4H3,(H2,22,23,24);1H. The molecule has 1 aromatic rings. The molecule has 1 aliphatic heterocycles. The Morgan fingerprint density at radius 1 is 1.15 bits per heavy atom. The van der Waals surface area contributed by atoms with Crippen LogP contribution in [0.2, 0.25) is 0 Å². The van der Waals surface area contributed by atoms with Gasteiger partial charge in [0.2, 0.25) is 0 Å². The van der Waals surface area contributed by atoms with Crippen molar-refractivity contribution in [1.82, 2.24) is 15.5 Å². The van der Waals surface area contributed by atoms with Gasteiger partial charge in [-0.25, -0.2) is 0 Å². The van der Waals surface area contributed by atoms with Crippen LogP contribution in [0, 0.1) is 5.92 Å². The third kappa shape index (κ3) is 7.43. The van der Waals surface area contributed by atoms with Crippen molar-refractivity contribution in [2.24, 2.45) is 10.9 Å². The fourth-order valence-electron chi connectivity index (χ4n) is 3.49. The Kier molecular flexibility index (Phi) is 10.5. The van der Waals surface area contributed by atoms with E-state index >= 15 is 0 Å². The molecule has 4 nitrogen and oxygen atoms in total. The first kappa shape index (κ1) is 23.2. The lowest BCUT2D eigenvalue weighted by atomic mass is 9.85. The van der Waals surface area contributed by atoms with Gasteiger partial charge in [-0.15, -0.1) is 24.0 Å². The zero-order valence-corrected chi connectivity index (χ0v) is 19.3. The zero-order valence-electron chi connectivity index (χ0n) is 16.9. The third-order valence-electron chi connectivity index (χ3n) is 5.28. The molecule has 148 valence electrons. The number of nitrogens with one attached hydrogen (secondary N) is 2. The highest BCUT2D eigenvalue weighted by atomic mass is 127. The Morgan fingerprint density at radius 2 is 1.81 bits per heavy atom. The molecule has 5 heteroatoms. The summed E-state index contributed by atoms with van der Waals surface area (Å²) in [6.07, 6.45) is 3.84. The van der Waals surface area contributed by atoms with Crippen molar-refractivity contribution in [3.8, 4) is 0 Å². The molecule has 2 rings (SSSR count). The Labute approximate surface area is 177 Å². The molecule has 1 fully saturated rings. The molecule has 0 radical (unpaired) electrons. The molecule has 0 amide bonds. The molecule has 1 heterocycles. The summed E-state index contributed by atoms with van der Waals surface area (Å²) in [6.45, 7) is 12.4. The lowest BCUT2D eigenvalue weighted by Gasteiger charge is -2.32. The first-order valence-electron chi connectivity index (χ1n) is 9.77. The van der Waals surface area contributed by atoms with Crippen molar-refractivity contribution in [2.75, 3.05) is 39.8 Å². The highest BCUT2D eigenvalue weighted by molar-refractivity contribution is 14.0. The van der Waals surface area contributed by atoms with E-state index in [-0.39, 0.29) is 29.4 Å². The van der Waals surface area contributed by atoms with Gasteiger partial charge in [0.25, 0.3) is 0 Å². The van der Waals surface area contributed by atoms with Crippen molar-refractivity contribution in [1.29, 1.82) is 0 Å². The summed E-state index contributed by atoms with van der Waals surface area (Å²) < 4.78 is 0. The molecule has 1 aromatic carbocycles. The van der Waals surface area contributed by atoms with Gasteiger partial charge in [0.1, 0.15) is 0 Å². The van der Waals surface area contributed by atoms with Gasteiger partial charge in [-0.1, -0.05) is 51.1 Å². The van der Waals surface area contributed by atoms with Gasteiger partial charge >= 0.3 is 0 Å². The highest BCUT2D eigenvalue weighted by Gasteiger charge is 2.21. The minimum atomic E-state index is 0. The van der Waals surface area contributed by atoms with E-state index < -0.39 is 0 Å². The summed E-state index contributed by atoms with van der Waals surface area (Å²) in [6, 6.07) is 10.7. The second kappa shape index (κ2) is 11.8. The third-order valence-corrected chi connectivity index (χ3v) is 5.28. The number of hydrogen-bond donors (Lipinski definition) is 2. The molecule has 0 aliphatic carbocycles. The predicted molar refractivity (Wildman–Crippen MR) is 124 cm³/mol. The predicted octanol–water partition coefficient (Wildman–Crippen LogP) is 3.87. The average Bonchev–Trinajstić information content (AvgIpc) is 2.64. The van der Waals surface area contributed by atoms with E-state index in [2.05, 4.69) is 71.6 Å². The molecule has 2 N–H and O–H groups in total. The smallest absolute Gasteiger partial charge is 0.191 e. The molecule has 0 spiro atoms. The summed E-state index contributed by atoms with van der Waals surface area (Å²) >= 11 is 0. The zero-order chi connectivity index (χ0) is 18.1. The van der Waals surface area contributed by atoms with E-state index in [1.807, 2.05) is 7.05 Å². The molecule has 1 aliphatic rings. The number of piperidine rings is 1. The summed E-state index contributed by atoms with van der Waals surface area (Å²) in [5, 5.41) is 7.04. The topological polar surface area (TPSA) is 39.7 Å². The van der Waals surface area contributed by atoms with Crippen molar-refractivity contribution in [3.05, 3.63) is 35.9 Å². The first-order chi connectivity index (χ1) is 12.0. The Bertz CT molecular complexity index is 522. The maximum Gasteiger partial charge on any atom is 0.191 e. The Morgan fingerprint density at radius 3 is 2.38 bits per heavy atom. The fourth-order valence-corrected chi connectivity index (χ4v) is 3.49. The van der Waals surface area contributed by atoms with Gasteiger partial charge in [-0.3, -0.25) is 4.99 Å². The van der Waals surface area contributed by atoms with Crippen LogP contribution in [-0.4, -0.2) is 50.6 Å². The Hall–Kier alpha value is -0.820. The number of likely N-dealkylation sites (tertiary alicyclic amines) is 1. The van der Waals surface area contributed by atoms with Crippen LogP contribution in [0.5, 0.6) is 0 Å². The van der Waals surface area contributed by atoms with Crippen molar-refractivity contribution in [3.63, 3.8) is 0 Å². The van der Waals surface area contributed by atoms with Crippen LogP contribution >= 0.6 is 24.0 Å². The molecule has 26 heavy (non-hydrogen) atoms. The van der Waals surface area contributed by atoms with E-state index in [1.165, 1.54) is 44.5 Å². The summed E-state index contributed by atoms with van der Waals surface area (Å²) in [4.78, 5) is 6.99. The van der Waals surface area contributed by atoms with Gasteiger partial charge in [-0.05, 0) is 50.4 Å². The number of benzene rings is 1. The quantitative estimate of drug-likeness (QED) is 0.360. The Balaban J connectivity index is 0.00000338. The summed E-state index contributed by atoms with van der Waals surface area (Å²) in [5.41, 5.74) is 1.42. The van der Waals surface area contributed by atoms with E-state index in [9.17, 15) is 0 Å². The lowest BCUT2D eigenvalue weighted by molar-refractivity contribution is 0.185. The SMILES string of the molecule is CCCN1CCC(CNC(=NC)NCC(C)(C)c2ccccc2)CC1.I. The van der Waals surface area contributed by atoms with Crippen LogP contribution in [0.4, 0.5) is 0 Å². The monoisotopic (exact) mass is 472 g/mol. The minimum Gasteiger partial charge on any atom is -0.356 e. The fraction of sp³-hybridized carbons (Fsp3) is 0.667. The number of hydrogen-bond acceptors (Lipinski definition) is 2. The second-order valence-electron chi connectivity index (χ2n) is 7.84. The first-order valence-corrected chi connectivity index (χ1v) is 9.77. The maximum absolute atomic E-state index is 4.40. The average molecular weight is 472 g/mol. The number of guanidine groups is 1. The van der Waals surface area contributed by atoms with Crippen LogP contribution < -0.4 is 10.6 Å². The number of rotatable bonds is 7. The molecule has 0 bridgehead atoms. The van der Waals surface area contributed by atoms with Gasteiger partial charge in [0.05, 0.1) is 0 Å². The summed E-state index contributed by atoms with van der Waals surface area (Å²) in [5.74, 6) is 1.67. The number of nitrogens with zero attached hydrogens (tertiary/aromatic N) is 2. The minimum absolute atomic E-state index is 0.